The number of anilines is 1. The summed E-state index contributed by atoms with van der Waals surface area (Å²) in [4.78, 5) is 38.8. The smallest absolute Gasteiger partial charge is 0.261 e. The number of hydrogen-bond acceptors (Lipinski definition) is 6. The Balaban J connectivity index is 1.42. The van der Waals surface area contributed by atoms with Gasteiger partial charge in [0.05, 0.1) is 15.2 Å². The van der Waals surface area contributed by atoms with Crippen LogP contribution >= 0.6 is 27.3 Å². The van der Waals surface area contributed by atoms with Crippen molar-refractivity contribution in [2.45, 2.75) is 19.8 Å². The Hall–Kier alpha value is -2.20. The molecule has 1 aliphatic rings. The summed E-state index contributed by atoms with van der Waals surface area (Å²) in [5.74, 6) is 0.318. The summed E-state index contributed by atoms with van der Waals surface area (Å²) < 4.78 is 5.79. The highest BCUT2D eigenvalue weighted by Gasteiger charge is 2.28. The van der Waals surface area contributed by atoms with Gasteiger partial charge in [-0.2, -0.15) is 0 Å². The third-order valence-corrected chi connectivity index (χ3v) is 5.92. The fraction of sp³-hybridized carbons (Fsp3) is 0.412. The van der Waals surface area contributed by atoms with Crippen LogP contribution < -0.4 is 10.6 Å². The molecule has 1 fully saturated rings. The van der Waals surface area contributed by atoms with Crippen molar-refractivity contribution in [3.8, 4) is 0 Å². The maximum atomic E-state index is 12.3. The maximum absolute atomic E-state index is 12.3. The number of aromatic nitrogens is 1. The van der Waals surface area contributed by atoms with Gasteiger partial charge in [-0.3, -0.25) is 14.4 Å². The van der Waals surface area contributed by atoms with Gasteiger partial charge in [-0.15, -0.1) is 11.3 Å². The zero-order valence-corrected chi connectivity index (χ0v) is 17.1. The normalized spacial score (nSPS) is 14.8. The van der Waals surface area contributed by atoms with Gasteiger partial charge >= 0.3 is 0 Å². The number of aryl methyl sites for hydroxylation is 1. The van der Waals surface area contributed by atoms with Crippen LogP contribution in [0.2, 0.25) is 0 Å². The lowest BCUT2D eigenvalue weighted by atomic mass is 9.96. The van der Waals surface area contributed by atoms with E-state index in [0.29, 0.717) is 42.4 Å². The van der Waals surface area contributed by atoms with Crippen LogP contribution in [-0.4, -0.2) is 47.4 Å². The lowest BCUT2D eigenvalue weighted by molar-refractivity contribution is -0.133. The minimum absolute atomic E-state index is 0.0522. The lowest BCUT2D eigenvalue weighted by Crippen LogP contribution is -2.45. The Kier molecular flexibility index (Phi) is 6.27. The van der Waals surface area contributed by atoms with Crippen LogP contribution in [0.25, 0.3) is 0 Å². The second-order valence-electron chi connectivity index (χ2n) is 6.25. The fourth-order valence-corrected chi connectivity index (χ4v) is 4.14. The number of rotatable bonds is 5. The van der Waals surface area contributed by atoms with E-state index in [1.165, 1.54) is 11.3 Å². The van der Waals surface area contributed by atoms with Crippen molar-refractivity contribution in [3.05, 3.63) is 32.6 Å². The van der Waals surface area contributed by atoms with Crippen molar-refractivity contribution in [2.75, 3.05) is 25.0 Å². The van der Waals surface area contributed by atoms with Crippen LogP contribution in [-0.2, 0) is 9.59 Å². The second kappa shape index (κ2) is 8.66. The topological polar surface area (TPSA) is 105 Å². The van der Waals surface area contributed by atoms with Crippen molar-refractivity contribution in [2.24, 2.45) is 5.92 Å². The Morgan fingerprint density at radius 2 is 2.07 bits per heavy atom. The summed E-state index contributed by atoms with van der Waals surface area (Å²) >= 11 is 4.62. The lowest BCUT2D eigenvalue weighted by Gasteiger charge is -2.31. The van der Waals surface area contributed by atoms with Crippen molar-refractivity contribution >= 4 is 50.8 Å². The van der Waals surface area contributed by atoms with Crippen LogP contribution in [0.1, 0.15) is 28.3 Å². The van der Waals surface area contributed by atoms with Gasteiger partial charge in [0.2, 0.25) is 11.8 Å². The number of nitrogens with one attached hydrogen (secondary N) is 2. The molecule has 3 amide bonds. The van der Waals surface area contributed by atoms with Gasteiger partial charge in [0.1, 0.15) is 5.76 Å². The standard InChI is InChI=1S/C17H19BrN4O4S/c1-10-8-14(21-26-10)20-16(24)11-4-6-22(7-5-11)15(23)9-19-17(25)12-2-3-13(18)27-12/h2-3,8,11H,4-7,9H2,1H3,(H,19,25)(H,20,21,24). The molecule has 0 saturated carbocycles. The average Bonchev–Trinajstić information content (AvgIpc) is 3.27. The molecule has 2 N–H and O–H groups in total. The van der Waals surface area contributed by atoms with Crippen LogP contribution in [0.4, 0.5) is 5.82 Å². The van der Waals surface area contributed by atoms with E-state index in [0.717, 1.165) is 3.79 Å². The summed E-state index contributed by atoms with van der Waals surface area (Å²) in [5, 5.41) is 9.12. The molecule has 8 nitrogen and oxygen atoms in total. The number of amides is 3. The van der Waals surface area contributed by atoms with Crippen molar-refractivity contribution < 1.29 is 18.9 Å². The molecular weight excluding hydrogens is 436 g/mol. The Morgan fingerprint density at radius 3 is 2.67 bits per heavy atom. The molecule has 0 radical (unpaired) electrons. The Bertz CT molecular complexity index is 842. The van der Waals surface area contributed by atoms with E-state index in [9.17, 15) is 14.4 Å². The summed E-state index contributed by atoms with van der Waals surface area (Å²) in [7, 11) is 0. The quantitative estimate of drug-likeness (QED) is 0.721. The molecule has 0 bridgehead atoms. The third-order valence-electron chi connectivity index (χ3n) is 4.29. The minimum Gasteiger partial charge on any atom is -0.360 e. The van der Waals surface area contributed by atoms with Gasteiger partial charge in [-0.05, 0) is 47.8 Å². The second-order valence-corrected chi connectivity index (χ2v) is 8.72. The van der Waals surface area contributed by atoms with Gasteiger partial charge in [-0.1, -0.05) is 5.16 Å². The number of thiophene rings is 1. The fourth-order valence-electron chi connectivity index (χ4n) is 2.84. The summed E-state index contributed by atoms with van der Waals surface area (Å²) in [6.07, 6.45) is 1.14. The molecule has 0 spiro atoms. The molecule has 144 valence electrons. The first kappa shape index (κ1) is 19.6. The number of halogens is 1. The van der Waals surface area contributed by atoms with Gasteiger partial charge in [0.15, 0.2) is 5.82 Å². The maximum Gasteiger partial charge on any atom is 0.261 e. The van der Waals surface area contributed by atoms with Crippen LogP contribution in [0.15, 0.2) is 26.5 Å². The molecule has 2 aromatic heterocycles. The number of carbonyl (C=O) groups is 3. The van der Waals surface area contributed by atoms with Crippen molar-refractivity contribution in [3.63, 3.8) is 0 Å². The highest BCUT2D eigenvalue weighted by atomic mass is 79.9. The van der Waals surface area contributed by atoms with Crippen LogP contribution in [0, 0.1) is 12.8 Å². The van der Waals surface area contributed by atoms with Crippen LogP contribution in [0.3, 0.4) is 0 Å². The summed E-state index contributed by atoms with van der Waals surface area (Å²) in [6.45, 7) is 2.66. The van der Waals surface area contributed by atoms with Gasteiger partial charge in [0.25, 0.3) is 5.91 Å². The zero-order chi connectivity index (χ0) is 19.4. The SMILES string of the molecule is Cc1cc(NC(=O)C2CCN(C(=O)CNC(=O)c3ccc(Br)s3)CC2)no1. The predicted molar refractivity (Wildman–Crippen MR) is 104 cm³/mol. The van der Waals surface area contributed by atoms with E-state index >= 15 is 0 Å². The Labute approximate surface area is 168 Å². The van der Waals surface area contributed by atoms with E-state index in [2.05, 4.69) is 31.7 Å². The number of nitrogens with zero attached hydrogens (tertiary/aromatic N) is 2. The molecule has 10 heteroatoms. The molecule has 0 atom stereocenters. The summed E-state index contributed by atoms with van der Waals surface area (Å²) in [5.41, 5.74) is 0. The third kappa shape index (κ3) is 5.16. The van der Waals surface area contributed by atoms with E-state index in [1.54, 1.807) is 30.0 Å². The van der Waals surface area contributed by atoms with E-state index < -0.39 is 0 Å². The monoisotopic (exact) mass is 454 g/mol. The van der Waals surface area contributed by atoms with E-state index in [4.69, 9.17) is 4.52 Å². The van der Waals surface area contributed by atoms with Crippen LogP contribution in [0.5, 0.6) is 0 Å². The highest BCUT2D eigenvalue weighted by molar-refractivity contribution is 9.11. The average molecular weight is 455 g/mol. The molecule has 3 heterocycles. The molecule has 0 aromatic carbocycles. The van der Waals surface area contributed by atoms with E-state index in [1.807, 2.05) is 0 Å². The van der Waals surface area contributed by atoms with Crippen molar-refractivity contribution in [1.29, 1.82) is 0 Å². The molecule has 1 saturated heterocycles. The summed E-state index contributed by atoms with van der Waals surface area (Å²) in [6, 6.07) is 5.15. The molecular formula is C17H19BrN4O4S. The van der Waals surface area contributed by atoms with E-state index in [-0.39, 0.29) is 30.2 Å². The largest absolute Gasteiger partial charge is 0.360 e. The number of piperidine rings is 1. The first-order valence-corrected chi connectivity index (χ1v) is 10.1. The van der Waals surface area contributed by atoms with Gasteiger partial charge in [-0.25, -0.2) is 0 Å². The predicted octanol–water partition coefficient (Wildman–Crippen LogP) is 2.41. The van der Waals surface area contributed by atoms with Gasteiger partial charge in [0, 0.05) is 25.1 Å². The highest BCUT2D eigenvalue weighted by Crippen LogP contribution is 2.22. The molecule has 0 unspecified atom stereocenters. The van der Waals surface area contributed by atoms with Gasteiger partial charge < -0.3 is 20.1 Å². The number of likely N-dealkylation sites (tertiary alicyclic amines) is 1. The Morgan fingerprint density at radius 1 is 1.33 bits per heavy atom. The molecule has 27 heavy (non-hydrogen) atoms. The zero-order valence-electron chi connectivity index (χ0n) is 14.7. The molecule has 3 rings (SSSR count). The minimum atomic E-state index is -0.267. The first-order chi connectivity index (χ1) is 12.9. The van der Waals surface area contributed by atoms with Crippen molar-refractivity contribution in [1.82, 2.24) is 15.4 Å². The number of carbonyl (C=O) groups excluding carboxylic acids is 3. The molecule has 1 aliphatic heterocycles. The molecule has 2 aromatic rings. The molecule has 0 aliphatic carbocycles. The first-order valence-electron chi connectivity index (χ1n) is 8.48. The number of hydrogen-bond donors (Lipinski definition) is 2.